The minimum Gasteiger partial charge on any atom is -0.491 e. The number of rotatable bonds is 4. The molecule has 2 aromatic heterocycles. The zero-order valence-electron chi connectivity index (χ0n) is 19.8. The molecule has 3 aromatic carbocycles. The average molecular weight is 477 g/mol. The molecule has 6 rings (SSSR count). The third-order valence-corrected chi connectivity index (χ3v) is 6.41. The van der Waals surface area contributed by atoms with Gasteiger partial charge in [0.1, 0.15) is 12.4 Å². The number of amides is 1. The average Bonchev–Trinajstić information content (AvgIpc) is 3.32. The molecule has 0 spiro atoms. The van der Waals surface area contributed by atoms with Crippen LogP contribution in [0.5, 0.6) is 5.75 Å². The Balaban J connectivity index is 1.24. The molecule has 0 saturated carbocycles. The van der Waals surface area contributed by atoms with Crippen LogP contribution in [0, 0.1) is 0 Å². The van der Waals surface area contributed by atoms with Crippen LogP contribution in [0.4, 0.5) is 0 Å². The van der Waals surface area contributed by atoms with Crippen molar-refractivity contribution in [2.75, 3.05) is 13.2 Å². The molecule has 1 aliphatic rings. The number of hydrogen-bond donors (Lipinski definition) is 0. The van der Waals surface area contributed by atoms with Crippen molar-refractivity contribution in [3.8, 4) is 28.3 Å². The summed E-state index contributed by atoms with van der Waals surface area (Å²) < 4.78 is 11.2. The van der Waals surface area contributed by atoms with Gasteiger partial charge in [-0.05, 0) is 42.0 Å². The smallest absolute Gasteiger partial charge is 0.254 e. The standard InChI is InChI=1S/C29H24N4O3/c1-2-27-31-28(32-36-27)19-7-9-20(10-8-19)29(34)33-13-14-35-26-12-11-21(15-24(26)18-33)23-16-22-5-3-4-6-25(22)30-17-23/h3-12,15-17H,2,13-14,18H2,1H3. The molecular weight excluding hydrogens is 452 g/mol. The predicted molar refractivity (Wildman–Crippen MR) is 137 cm³/mol. The second kappa shape index (κ2) is 9.26. The molecule has 1 amide bonds. The first-order valence-corrected chi connectivity index (χ1v) is 12.0. The summed E-state index contributed by atoms with van der Waals surface area (Å²) in [7, 11) is 0. The molecule has 178 valence electrons. The molecule has 0 atom stereocenters. The number of benzene rings is 3. The topological polar surface area (TPSA) is 81.4 Å². The van der Waals surface area contributed by atoms with E-state index in [4.69, 9.17) is 9.26 Å². The highest BCUT2D eigenvalue weighted by molar-refractivity contribution is 5.94. The van der Waals surface area contributed by atoms with Gasteiger partial charge in [-0.1, -0.05) is 48.5 Å². The Labute approximate surface area is 208 Å². The lowest BCUT2D eigenvalue weighted by molar-refractivity contribution is 0.0733. The lowest BCUT2D eigenvalue weighted by Gasteiger charge is -2.20. The molecule has 0 bridgehead atoms. The van der Waals surface area contributed by atoms with Crippen LogP contribution in [-0.2, 0) is 13.0 Å². The van der Waals surface area contributed by atoms with Crippen molar-refractivity contribution in [3.63, 3.8) is 0 Å². The van der Waals surface area contributed by atoms with Gasteiger partial charge in [-0.3, -0.25) is 9.78 Å². The predicted octanol–water partition coefficient (Wildman–Crippen LogP) is 5.55. The van der Waals surface area contributed by atoms with Crippen LogP contribution < -0.4 is 4.74 Å². The minimum absolute atomic E-state index is 0.0434. The van der Waals surface area contributed by atoms with Gasteiger partial charge in [-0.15, -0.1) is 0 Å². The summed E-state index contributed by atoms with van der Waals surface area (Å²) in [6, 6.07) is 23.6. The fourth-order valence-corrected chi connectivity index (χ4v) is 4.44. The summed E-state index contributed by atoms with van der Waals surface area (Å²) in [4.78, 5) is 24.2. The second-order valence-corrected chi connectivity index (χ2v) is 8.76. The third kappa shape index (κ3) is 4.20. The third-order valence-electron chi connectivity index (χ3n) is 6.41. The van der Waals surface area contributed by atoms with Gasteiger partial charge in [0, 0.05) is 46.8 Å². The van der Waals surface area contributed by atoms with Crippen molar-refractivity contribution >= 4 is 16.8 Å². The number of para-hydroxylation sites is 1. The van der Waals surface area contributed by atoms with Crippen molar-refractivity contribution in [1.82, 2.24) is 20.0 Å². The van der Waals surface area contributed by atoms with Gasteiger partial charge in [-0.2, -0.15) is 4.98 Å². The minimum atomic E-state index is -0.0434. The van der Waals surface area contributed by atoms with Crippen molar-refractivity contribution < 1.29 is 14.1 Å². The summed E-state index contributed by atoms with van der Waals surface area (Å²) in [5.41, 5.74) is 5.43. The second-order valence-electron chi connectivity index (χ2n) is 8.76. The molecule has 0 radical (unpaired) electrons. The SMILES string of the molecule is CCc1nc(-c2ccc(C(=O)N3CCOc4ccc(-c5cnc6ccccc6c5)cc4C3)cc2)no1. The van der Waals surface area contributed by atoms with Gasteiger partial charge in [-0.25, -0.2) is 0 Å². The highest BCUT2D eigenvalue weighted by Gasteiger charge is 2.22. The van der Waals surface area contributed by atoms with Gasteiger partial charge < -0.3 is 14.2 Å². The van der Waals surface area contributed by atoms with Crippen LogP contribution in [0.1, 0.15) is 28.7 Å². The van der Waals surface area contributed by atoms with Gasteiger partial charge in [0.05, 0.1) is 12.1 Å². The van der Waals surface area contributed by atoms with E-state index < -0.39 is 0 Å². The van der Waals surface area contributed by atoms with Crippen molar-refractivity contribution in [2.24, 2.45) is 0 Å². The zero-order chi connectivity index (χ0) is 24.5. The van der Waals surface area contributed by atoms with Gasteiger partial charge >= 0.3 is 0 Å². The van der Waals surface area contributed by atoms with E-state index in [0.717, 1.165) is 38.9 Å². The summed E-state index contributed by atoms with van der Waals surface area (Å²) in [6.45, 7) is 3.38. The quantitative estimate of drug-likeness (QED) is 0.338. The Hall–Kier alpha value is -4.52. The van der Waals surface area contributed by atoms with Crippen molar-refractivity contribution in [1.29, 1.82) is 0 Å². The molecule has 36 heavy (non-hydrogen) atoms. The zero-order valence-corrected chi connectivity index (χ0v) is 19.8. The summed E-state index contributed by atoms with van der Waals surface area (Å²) in [6.07, 6.45) is 2.57. The Bertz CT molecular complexity index is 1560. The summed E-state index contributed by atoms with van der Waals surface area (Å²) >= 11 is 0. The first-order valence-electron chi connectivity index (χ1n) is 12.0. The number of fused-ring (bicyclic) bond motifs is 2. The van der Waals surface area contributed by atoms with Crippen molar-refractivity contribution in [2.45, 2.75) is 19.9 Å². The number of pyridine rings is 1. The molecule has 0 saturated heterocycles. The number of ether oxygens (including phenoxy) is 1. The first kappa shape index (κ1) is 22.0. The van der Waals surface area contributed by atoms with E-state index in [9.17, 15) is 4.79 Å². The highest BCUT2D eigenvalue weighted by Crippen LogP contribution is 2.31. The number of hydrogen-bond acceptors (Lipinski definition) is 6. The Kier molecular flexibility index (Phi) is 5.65. The number of carbonyl (C=O) groups excluding carboxylic acids is 1. The molecule has 7 nitrogen and oxygen atoms in total. The molecule has 0 unspecified atom stereocenters. The maximum atomic E-state index is 13.4. The summed E-state index contributed by atoms with van der Waals surface area (Å²) in [5, 5.41) is 5.10. The van der Waals surface area contributed by atoms with Gasteiger partial charge in [0.2, 0.25) is 11.7 Å². The van der Waals surface area contributed by atoms with Gasteiger partial charge in [0.25, 0.3) is 5.91 Å². The Morgan fingerprint density at radius 3 is 2.64 bits per heavy atom. The van der Waals surface area contributed by atoms with Gasteiger partial charge in [0.15, 0.2) is 0 Å². The van der Waals surface area contributed by atoms with E-state index in [1.165, 1.54) is 0 Å². The lowest BCUT2D eigenvalue weighted by atomic mass is 10.0. The van der Waals surface area contributed by atoms with Crippen LogP contribution in [0.2, 0.25) is 0 Å². The number of aryl methyl sites for hydroxylation is 1. The molecule has 0 N–H and O–H groups in total. The number of aromatic nitrogens is 3. The Morgan fingerprint density at radius 2 is 1.81 bits per heavy atom. The number of carbonyl (C=O) groups is 1. The largest absolute Gasteiger partial charge is 0.491 e. The van der Waals surface area contributed by atoms with Crippen LogP contribution in [-0.4, -0.2) is 39.1 Å². The monoisotopic (exact) mass is 476 g/mol. The van der Waals surface area contributed by atoms with Crippen molar-refractivity contribution in [3.05, 3.63) is 96.0 Å². The van der Waals surface area contributed by atoms with E-state index in [2.05, 4.69) is 33.3 Å². The fraction of sp³-hybridized carbons (Fsp3) is 0.172. The van der Waals surface area contributed by atoms with Crippen LogP contribution in [0.25, 0.3) is 33.4 Å². The molecule has 0 fully saturated rings. The van der Waals surface area contributed by atoms with E-state index in [0.29, 0.717) is 43.4 Å². The molecule has 0 aliphatic carbocycles. The maximum absolute atomic E-state index is 13.4. The lowest BCUT2D eigenvalue weighted by Crippen LogP contribution is -2.32. The molecular formula is C29H24N4O3. The summed E-state index contributed by atoms with van der Waals surface area (Å²) in [5.74, 6) is 1.88. The van der Waals surface area contributed by atoms with Crippen LogP contribution in [0.3, 0.4) is 0 Å². The molecule has 5 aromatic rings. The van der Waals surface area contributed by atoms with Crippen LogP contribution in [0.15, 0.2) is 83.5 Å². The number of nitrogens with zero attached hydrogens (tertiary/aromatic N) is 4. The molecule has 7 heteroatoms. The highest BCUT2D eigenvalue weighted by atomic mass is 16.5. The molecule has 3 heterocycles. The van der Waals surface area contributed by atoms with E-state index in [1.54, 1.807) is 0 Å². The van der Waals surface area contributed by atoms with Crippen LogP contribution >= 0.6 is 0 Å². The normalized spacial score (nSPS) is 13.2. The first-order chi connectivity index (χ1) is 17.7. The molecule has 1 aliphatic heterocycles. The van der Waals surface area contributed by atoms with E-state index in [1.807, 2.05) is 72.6 Å². The Morgan fingerprint density at radius 1 is 0.972 bits per heavy atom. The van der Waals surface area contributed by atoms with E-state index >= 15 is 0 Å². The fourth-order valence-electron chi connectivity index (χ4n) is 4.44. The maximum Gasteiger partial charge on any atom is 0.254 e. The van der Waals surface area contributed by atoms with E-state index in [-0.39, 0.29) is 5.91 Å².